The topological polar surface area (TPSA) is 37.3 Å². The predicted octanol–water partition coefficient (Wildman–Crippen LogP) is 3.97. The first-order valence-electron chi connectivity index (χ1n) is 5.30. The number of carboxylic acid groups (broad SMARTS) is 1. The lowest BCUT2D eigenvalue weighted by molar-refractivity contribution is 0.0702. The molecule has 1 aliphatic rings. The number of benzene rings is 1. The molecule has 0 fully saturated rings. The number of aromatic carboxylic acids is 1. The van der Waals surface area contributed by atoms with Crippen LogP contribution < -0.4 is 0 Å². The van der Waals surface area contributed by atoms with Gasteiger partial charge in [0.05, 0.1) is 0 Å². The molecule has 0 saturated heterocycles. The number of fused-ring (bicyclic) bond motifs is 3. The molecule has 2 aromatic rings. The van der Waals surface area contributed by atoms with Gasteiger partial charge in [0.25, 0.3) is 0 Å². The molecule has 0 spiro atoms. The Bertz CT molecular complexity index is 616. The van der Waals surface area contributed by atoms with Crippen LogP contribution in [-0.2, 0) is 12.8 Å². The van der Waals surface area contributed by atoms with Crippen molar-refractivity contribution >= 4 is 33.2 Å². The van der Waals surface area contributed by atoms with Crippen molar-refractivity contribution in [3.05, 3.63) is 44.7 Å². The number of carboxylic acids is 1. The molecule has 1 aromatic heterocycles. The zero-order valence-electron chi connectivity index (χ0n) is 8.87. The summed E-state index contributed by atoms with van der Waals surface area (Å²) in [6, 6.07) is 8.01. The lowest BCUT2D eigenvalue weighted by Crippen LogP contribution is -2.00. The van der Waals surface area contributed by atoms with Gasteiger partial charge in [0.15, 0.2) is 0 Å². The van der Waals surface area contributed by atoms with E-state index in [1.165, 1.54) is 28.0 Å². The zero-order chi connectivity index (χ0) is 12.0. The Morgan fingerprint density at radius 1 is 1.24 bits per heavy atom. The van der Waals surface area contributed by atoms with E-state index in [1.807, 2.05) is 12.1 Å². The van der Waals surface area contributed by atoms with Crippen LogP contribution in [0.4, 0.5) is 0 Å². The summed E-state index contributed by atoms with van der Waals surface area (Å²) in [6.07, 6.45) is 1.92. The normalized spacial score (nSPS) is 13.0. The van der Waals surface area contributed by atoms with Crippen LogP contribution in [0.1, 0.15) is 20.8 Å². The Morgan fingerprint density at radius 2 is 2.00 bits per heavy atom. The van der Waals surface area contributed by atoms with Gasteiger partial charge in [-0.3, -0.25) is 0 Å². The second kappa shape index (κ2) is 3.96. The quantitative estimate of drug-likeness (QED) is 0.865. The Kier molecular flexibility index (Phi) is 2.56. The molecule has 0 saturated carbocycles. The van der Waals surface area contributed by atoms with Crippen molar-refractivity contribution in [3.63, 3.8) is 0 Å². The first kappa shape index (κ1) is 11.0. The Hall–Kier alpha value is -1.13. The van der Waals surface area contributed by atoms with Crippen LogP contribution in [0.2, 0.25) is 0 Å². The van der Waals surface area contributed by atoms with E-state index in [0.29, 0.717) is 4.88 Å². The van der Waals surface area contributed by atoms with E-state index >= 15 is 0 Å². The van der Waals surface area contributed by atoms with E-state index in [1.54, 1.807) is 0 Å². The molecule has 86 valence electrons. The summed E-state index contributed by atoms with van der Waals surface area (Å²) in [6.45, 7) is 0. The molecule has 0 unspecified atom stereocenters. The highest BCUT2D eigenvalue weighted by molar-refractivity contribution is 9.10. The zero-order valence-corrected chi connectivity index (χ0v) is 11.3. The summed E-state index contributed by atoms with van der Waals surface area (Å²) in [5.41, 5.74) is 3.65. The highest BCUT2D eigenvalue weighted by atomic mass is 79.9. The molecular weight excluding hydrogens is 300 g/mol. The van der Waals surface area contributed by atoms with Gasteiger partial charge in [0, 0.05) is 9.35 Å². The number of hydrogen-bond acceptors (Lipinski definition) is 2. The summed E-state index contributed by atoms with van der Waals surface area (Å²) in [7, 11) is 0. The van der Waals surface area contributed by atoms with Crippen LogP contribution in [0, 0.1) is 0 Å². The molecule has 1 heterocycles. The van der Waals surface area contributed by atoms with Gasteiger partial charge in [0.2, 0.25) is 0 Å². The molecule has 3 rings (SSSR count). The molecule has 0 radical (unpaired) electrons. The monoisotopic (exact) mass is 308 g/mol. The minimum Gasteiger partial charge on any atom is -0.477 e. The minimum atomic E-state index is -0.830. The average Bonchev–Trinajstić information content (AvgIpc) is 2.72. The number of halogens is 1. The van der Waals surface area contributed by atoms with Crippen molar-refractivity contribution in [2.45, 2.75) is 12.8 Å². The fourth-order valence-electron chi connectivity index (χ4n) is 2.21. The van der Waals surface area contributed by atoms with Gasteiger partial charge in [-0.1, -0.05) is 22.0 Å². The molecule has 1 aliphatic carbocycles. The van der Waals surface area contributed by atoms with Crippen LogP contribution in [0.3, 0.4) is 0 Å². The molecule has 0 atom stereocenters. The number of carbonyl (C=O) groups is 1. The van der Waals surface area contributed by atoms with Crippen molar-refractivity contribution in [1.82, 2.24) is 0 Å². The maximum Gasteiger partial charge on any atom is 0.345 e. The maximum absolute atomic E-state index is 11.0. The Balaban J connectivity index is 2.19. The fraction of sp³-hybridized carbons (Fsp3) is 0.154. The molecule has 1 N–H and O–H groups in total. The van der Waals surface area contributed by atoms with Crippen LogP contribution in [0.5, 0.6) is 0 Å². The SMILES string of the molecule is O=C(O)c1cc2c(s1)-c1ccc(Br)cc1CC2. The molecule has 2 nitrogen and oxygen atoms in total. The fourth-order valence-corrected chi connectivity index (χ4v) is 3.73. The van der Waals surface area contributed by atoms with Gasteiger partial charge in [-0.15, -0.1) is 11.3 Å². The lowest BCUT2D eigenvalue weighted by Gasteiger charge is -2.16. The van der Waals surface area contributed by atoms with E-state index in [-0.39, 0.29) is 0 Å². The highest BCUT2D eigenvalue weighted by Gasteiger charge is 2.21. The summed E-state index contributed by atoms with van der Waals surface area (Å²) in [4.78, 5) is 12.5. The second-order valence-electron chi connectivity index (χ2n) is 4.07. The summed E-state index contributed by atoms with van der Waals surface area (Å²) in [5.74, 6) is -0.830. The van der Waals surface area contributed by atoms with E-state index in [9.17, 15) is 4.79 Å². The van der Waals surface area contributed by atoms with Gasteiger partial charge < -0.3 is 5.11 Å². The highest BCUT2D eigenvalue weighted by Crippen LogP contribution is 2.40. The maximum atomic E-state index is 11.0. The predicted molar refractivity (Wildman–Crippen MR) is 71.8 cm³/mol. The van der Waals surface area contributed by atoms with Gasteiger partial charge in [-0.05, 0) is 47.7 Å². The van der Waals surface area contributed by atoms with Crippen molar-refractivity contribution in [2.75, 3.05) is 0 Å². The molecule has 4 heteroatoms. The van der Waals surface area contributed by atoms with Gasteiger partial charge in [-0.2, -0.15) is 0 Å². The van der Waals surface area contributed by atoms with Gasteiger partial charge in [-0.25, -0.2) is 4.79 Å². The third-order valence-corrected chi connectivity index (χ3v) is 4.69. The van der Waals surface area contributed by atoms with Crippen LogP contribution in [0.25, 0.3) is 10.4 Å². The summed E-state index contributed by atoms with van der Waals surface area (Å²) < 4.78 is 1.08. The first-order chi connectivity index (χ1) is 8.15. The Morgan fingerprint density at radius 3 is 2.76 bits per heavy atom. The minimum absolute atomic E-state index is 0.436. The first-order valence-corrected chi connectivity index (χ1v) is 6.91. The van der Waals surface area contributed by atoms with Crippen LogP contribution in [-0.4, -0.2) is 11.1 Å². The van der Waals surface area contributed by atoms with Gasteiger partial charge in [0.1, 0.15) is 4.88 Å². The van der Waals surface area contributed by atoms with Crippen LogP contribution in [0.15, 0.2) is 28.7 Å². The third kappa shape index (κ3) is 1.81. The van der Waals surface area contributed by atoms with Gasteiger partial charge >= 0.3 is 5.97 Å². The van der Waals surface area contributed by atoms with Crippen molar-refractivity contribution in [2.24, 2.45) is 0 Å². The van der Waals surface area contributed by atoms with E-state index < -0.39 is 5.97 Å². The molecule has 0 amide bonds. The van der Waals surface area contributed by atoms with Crippen molar-refractivity contribution < 1.29 is 9.90 Å². The summed E-state index contributed by atoms with van der Waals surface area (Å²) >= 11 is 4.85. The smallest absolute Gasteiger partial charge is 0.345 e. The van der Waals surface area contributed by atoms with E-state index in [2.05, 4.69) is 28.1 Å². The molecular formula is C13H9BrO2S. The average molecular weight is 309 g/mol. The van der Waals surface area contributed by atoms with Crippen LogP contribution >= 0.6 is 27.3 Å². The molecule has 0 aliphatic heterocycles. The van der Waals surface area contributed by atoms with Crippen molar-refractivity contribution in [1.29, 1.82) is 0 Å². The van der Waals surface area contributed by atoms with E-state index in [4.69, 9.17) is 5.11 Å². The Labute approximate surface area is 111 Å². The second-order valence-corrected chi connectivity index (χ2v) is 6.04. The number of aryl methyl sites for hydroxylation is 2. The molecule has 1 aromatic carbocycles. The standard InChI is InChI=1S/C13H9BrO2S/c14-9-3-4-10-7(5-9)1-2-8-6-11(13(15)16)17-12(8)10/h3-6H,1-2H2,(H,15,16). The number of hydrogen-bond donors (Lipinski definition) is 1. The lowest BCUT2D eigenvalue weighted by atomic mass is 9.91. The third-order valence-electron chi connectivity index (χ3n) is 3.00. The van der Waals surface area contributed by atoms with Crippen molar-refractivity contribution in [3.8, 4) is 10.4 Å². The largest absolute Gasteiger partial charge is 0.477 e. The summed E-state index contributed by atoms with van der Waals surface area (Å²) in [5, 5.41) is 9.03. The number of rotatable bonds is 1. The molecule has 0 bridgehead atoms. The number of thiophene rings is 1. The van der Waals surface area contributed by atoms with E-state index in [0.717, 1.165) is 22.2 Å². The molecule has 17 heavy (non-hydrogen) atoms.